The zero-order valence-electron chi connectivity index (χ0n) is 13.6. The van der Waals surface area contributed by atoms with E-state index in [0.717, 1.165) is 16.8 Å². The van der Waals surface area contributed by atoms with Gasteiger partial charge in [0.2, 0.25) is 0 Å². The first-order valence-corrected chi connectivity index (χ1v) is 7.50. The van der Waals surface area contributed by atoms with Crippen molar-refractivity contribution in [1.82, 2.24) is 30.1 Å². The lowest BCUT2D eigenvalue weighted by atomic mass is 10.1. The molecular formula is C17H14N6O2. The summed E-state index contributed by atoms with van der Waals surface area (Å²) in [5.41, 5.74) is 3.13. The number of nitrogens with one attached hydrogen (secondary N) is 1. The van der Waals surface area contributed by atoms with Crippen LogP contribution in [0.4, 0.5) is 0 Å². The molecule has 0 unspecified atom stereocenters. The lowest BCUT2D eigenvalue weighted by Gasteiger charge is -2.09. The van der Waals surface area contributed by atoms with Gasteiger partial charge in [0.05, 0.1) is 31.6 Å². The van der Waals surface area contributed by atoms with Gasteiger partial charge < -0.3 is 9.47 Å². The summed E-state index contributed by atoms with van der Waals surface area (Å²) < 4.78 is 10.6. The van der Waals surface area contributed by atoms with Crippen LogP contribution in [0.2, 0.25) is 0 Å². The van der Waals surface area contributed by atoms with E-state index in [1.807, 2.05) is 30.3 Å². The number of pyridine rings is 1. The number of hydrogen-bond donors (Lipinski definition) is 1. The second-order valence-electron chi connectivity index (χ2n) is 5.20. The number of fused-ring (bicyclic) bond motifs is 1. The molecule has 3 aromatic heterocycles. The first-order valence-electron chi connectivity index (χ1n) is 7.50. The zero-order valence-corrected chi connectivity index (χ0v) is 13.6. The van der Waals surface area contributed by atoms with E-state index in [9.17, 15) is 0 Å². The van der Waals surface area contributed by atoms with Crippen molar-refractivity contribution in [2.75, 3.05) is 14.2 Å². The molecule has 0 aliphatic rings. The Labute approximate surface area is 142 Å². The molecule has 0 aliphatic carbocycles. The number of benzene rings is 1. The van der Waals surface area contributed by atoms with E-state index in [4.69, 9.17) is 9.47 Å². The predicted octanol–water partition coefficient (Wildman–Crippen LogP) is 2.49. The molecular weight excluding hydrogens is 320 g/mol. The summed E-state index contributed by atoms with van der Waals surface area (Å²) in [4.78, 5) is 17.4. The van der Waals surface area contributed by atoms with Crippen molar-refractivity contribution < 1.29 is 9.47 Å². The number of hydrogen-bond acceptors (Lipinski definition) is 7. The fraction of sp³-hybridized carbons (Fsp3) is 0.118. The number of nitrogens with zero attached hydrogens (tertiary/aromatic N) is 5. The molecule has 0 amide bonds. The fourth-order valence-electron chi connectivity index (χ4n) is 2.51. The van der Waals surface area contributed by atoms with Crippen molar-refractivity contribution in [1.29, 1.82) is 0 Å². The van der Waals surface area contributed by atoms with Gasteiger partial charge in [-0.15, -0.1) is 0 Å². The van der Waals surface area contributed by atoms with Crippen molar-refractivity contribution in [3.63, 3.8) is 0 Å². The molecule has 0 spiro atoms. The molecule has 1 N–H and O–H groups in total. The van der Waals surface area contributed by atoms with Crippen LogP contribution in [0.15, 0.2) is 42.9 Å². The van der Waals surface area contributed by atoms with Gasteiger partial charge >= 0.3 is 0 Å². The van der Waals surface area contributed by atoms with Gasteiger partial charge in [0.1, 0.15) is 11.8 Å². The first-order chi connectivity index (χ1) is 12.3. The van der Waals surface area contributed by atoms with Gasteiger partial charge in [-0.2, -0.15) is 5.10 Å². The Balaban J connectivity index is 1.75. The molecule has 0 saturated carbocycles. The summed E-state index contributed by atoms with van der Waals surface area (Å²) in [6, 6.07) is 9.47. The van der Waals surface area contributed by atoms with Crippen molar-refractivity contribution in [3.8, 4) is 34.4 Å². The molecule has 8 heteroatoms. The third kappa shape index (κ3) is 2.74. The van der Waals surface area contributed by atoms with Gasteiger partial charge in [-0.05, 0) is 30.3 Å². The summed E-state index contributed by atoms with van der Waals surface area (Å²) in [6.45, 7) is 0. The number of rotatable bonds is 4. The van der Waals surface area contributed by atoms with Gasteiger partial charge in [0.15, 0.2) is 23.1 Å². The molecule has 4 rings (SSSR count). The average molecular weight is 334 g/mol. The smallest absolute Gasteiger partial charge is 0.197 e. The number of aromatic amines is 1. The third-order valence-corrected chi connectivity index (χ3v) is 3.74. The van der Waals surface area contributed by atoms with Crippen molar-refractivity contribution >= 4 is 11.0 Å². The lowest BCUT2D eigenvalue weighted by Crippen LogP contribution is -1.95. The molecule has 0 bridgehead atoms. The lowest BCUT2D eigenvalue weighted by molar-refractivity contribution is 0.355. The average Bonchev–Trinajstić information content (AvgIpc) is 3.21. The van der Waals surface area contributed by atoms with Crippen LogP contribution in [-0.4, -0.2) is 44.4 Å². The number of aromatic nitrogens is 6. The number of ether oxygens (including phenoxy) is 2. The second kappa shape index (κ2) is 6.16. The maximum Gasteiger partial charge on any atom is 0.197 e. The van der Waals surface area contributed by atoms with Gasteiger partial charge in [-0.25, -0.2) is 19.9 Å². The van der Waals surface area contributed by atoms with Crippen LogP contribution in [0, 0.1) is 0 Å². The Morgan fingerprint density at radius 3 is 2.52 bits per heavy atom. The summed E-state index contributed by atoms with van der Waals surface area (Å²) in [7, 11) is 3.21. The Morgan fingerprint density at radius 2 is 1.76 bits per heavy atom. The highest BCUT2D eigenvalue weighted by atomic mass is 16.5. The molecule has 8 nitrogen and oxygen atoms in total. The monoisotopic (exact) mass is 334 g/mol. The predicted molar refractivity (Wildman–Crippen MR) is 91.2 cm³/mol. The molecule has 0 fully saturated rings. The molecule has 124 valence electrons. The van der Waals surface area contributed by atoms with Crippen LogP contribution in [0.5, 0.6) is 11.5 Å². The highest BCUT2D eigenvalue weighted by molar-refractivity contribution is 5.79. The Hall–Kier alpha value is -3.55. The summed E-state index contributed by atoms with van der Waals surface area (Å²) in [6.07, 6.45) is 3.09. The van der Waals surface area contributed by atoms with E-state index in [0.29, 0.717) is 28.7 Å². The third-order valence-electron chi connectivity index (χ3n) is 3.74. The Bertz CT molecular complexity index is 1030. The van der Waals surface area contributed by atoms with Crippen LogP contribution < -0.4 is 9.47 Å². The van der Waals surface area contributed by atoms with E-state index in [1.165, 1.54) is 6.33 Å². The first kappa shape index (κ1) is 15.0. The van der Waals surface area contributed by atoms with Crippen molar-refractivity contribution in [3.05, 3.63) is 42.9 Å². The van der Waals surface area contributed by atoms with Crippen LogP contribution in [0.1, 0.15) is 0 Å². The largest absolute Gasteiger partial charge is 0.493 e. The minimum atomic E-state index is 0.477. The molecule has 1 aromatic carbocycles. The molecule has 0 saturated heterocycles. The fourth-order valence-corrected chi connectivity index (χ4v) is 2.51. The second-order valence-corrected chi connectivity index (χ2v) is 5.20. The quantitative estimate of drug-likeness (QED) is 0.612. The van der Waals surface area contributed by atoms with Crippen LogP contribution in [0.25, 0.3) is 33.9 Å². The Kier molecular flexibility index (Phi) is 3.70. The molecule has 0 atom stereocenters. The topological polar surface area (TPSA) is 98.7 Å². The van der Waals surface area contributed by atoms with Crippen molar-refractivity contribution in [2.24, 2.45) is 0 Å². The van der Waals surface area contributed by atoms with E-state index in [1.54, 1.807) is 20.4 Å². The standard InChI is InChI=1S/C17H14N6O2/c1-24-14-6-3-10(7-15(14)25-2)11-4-5-12-13(21-11)8-18-16(22-12)17-19-9-20-23-17/h3-9H,1-2H3,(H,19,20,23). The molecule has 3 heterocycles. The highest BCUT2D eigenvalue weighted by Gasteiger charge is 2.10. The van der Waals surface area contributed by atoms with E-state index < -0.39 is 0 Å². The van der Waals surface area contributed by atoms with Crippen LogP contribution in [-0.2, 0) is 0 Å². The van der Waals surface area contributed by atoms with Crippen LogP contribution in [0.3, 0.4) is 0 Å². The van der Waals surface area contributed by atoms with Gasteiger partial charge in [0, 0.05) is 5.56 Å². The molecule has 0 radical (unpaired) electrons. The summed E-state index contributed by atoms with van der Waals surface area (Å²) in [5, 5.41) is 6.56. The van der Waals surface area contributed by atoms with Crippen molar-refractivity contribution in [2.45, 2.75) is 0 Å². The zero-order chi connectivity index (χ0) is 17.2. The van der Waals surface area contributed by atoms with Gasteiger partial charge in [-0.3, -0.25) is 5.10 Å². The minimum absolute atomic E-state index is 0.477. The normalized spacial score (nSPS) is 10.8. The summed E-state index contributed by atoms with van der Waals surface area (Å²) in [5.74, 6) is 2.32. The molecule has 0 aliphatic heterocycles. The van der Waals surface area contributed by atoms with E-state index in [-0.39, 0.29) is 0 Å². The number of methoxy groups -OCH3 is 2. The van der Waals surface area contributed by atoms with E-state index in [2.05, 4.69) is 30.1 Å². The number of H-pyrrole nitrogens is 1. The summed E-state index contributed by atoms with van der Waals surface area (Å²) >= 11 is 0. The Morgan fingerprint density at radius 1 is 0.880 bits per heavy atom. The van der Waals surface area contributed by atoms with E-state index >= 15 is 0 Å². The maximum atomic E-state index is 5.35. The molecule has 4 aromatic rings. The van der Waals surface area contributed by atoms with Crippen LogP contribution >= 0.6 is 0 Å². The SMILES string of the molecule is COc1ccc(-c2ccc3nc(-c4ncn[nH]4)ncc3n2)cc1OC. The van der Waals surface area contributed by atoms with Gasteiger partial charge in [-0.1, -0.05) is 0 Å². The maximum absolute atomic E-state index is 5.35. The highest BCUT2D eigenvalue weighted by Crippen LogP contribution is 2.32. The molecule has 25 heavy (non-hydrogen) atoms. The van der Waals surface area contributed by atoms with Gasteiger partial charge in [0.25, 0.3) is 0 Å². The minimum Gasteiger partial charge on any atom is -0.493 e.